The molecule has 2 aliphatic heterocycles. The van der Waals surface area contributed by atoms with Gasteiger partial charge in [0.05, 0.1) is 11.2 Å². The lowest BCUT2D eigenvalue weighted by Gasteiger charge is -2.35. The highest BCUT2D eigenvalue weighted by atomic mass is 15.0. The Balaban J connectivity index is 1.40. The minimum absolute atomic E-state index is 0.0385. The molecule has 9 aromatic rings. The molecule has 0 fully saturated rings. The van der Waals surface area contributed by atoms with Crippen molar-refractivity contribution in [3.63, 3.8) is 0 Å². The summed E-state index contributed by atoms with van der Waals surface area (Å²) in [6, 6.07) is 48.4. The molecule has 57 heavy (non-hydrogen) atoms. The molecule has 7 aromatic carbocycles. The second-order valence-corrected chi connectivity index (χ2v) is 16.8. The quantitative estimate of drug-likeness (QED) is 0.160. The van der Waals surface area contributed by atoms with Crippen molar-refractivity contribution in [2.24, 2.45) is 0 Å². The van der Waals surface area contributed by atoms with Gasteiger partial charge in [-0.05, 0) is 134 Å². The Morgan fingerprint density at radius 3 is 1.37 bits per heavy atom. The molecule has 2 aliphatic rings. The molecule has 0 atom stereocenters. The Hall–Kier alpha value is -6.32. The van der Waals surface area contributed by atoms with Crippen LogP contribution < -0.4 is 10.9 Å². The molecule has 0 unspecified atom stereocenters. The Morgan fingerprint density at radius 2 is 0.807 bits per heavy atom. The number of rotatable bonds is 4. The fourth-order valence-corrected chi connectivity index (χ4v) is 11.1. The molecular weight excluding hydrogens is 687 g/mol. The lowest BCUT2D eigenvalue weighted by Crippen LogP contribution is -2.55. The van der Waals surface area contributed by atoms with Gasteiger partial charge >= 0.3 is 6.85 Å². The number of aryl methyl sites for hydroxylation is 8. The zero-order chi connectivity index (χ0) is 39.0. The summed E-state index contributed by atoms with van der Waals surface area (Å²) in [7, 11) is 0. The van der Waals surface area contributed by atoms with Gasteiger partial charge in [0.1, 0.15) is 0 Å². The maximum Gasteiger partial charge on any atom is 0.333 e. The molecule has 0 N–H and O–H groups in total. The van der Waals surface area contributed by atoms with Crippen molar-refractivity contribution in [3.05, 3.63) is 172 Å². The largest absolute Gasteiger partial charge is 0.375 e. The highest BCUT2D eigenvalue weighted by molar-refractivity contribution is 6.90. The van der Waals surface area contributed by atoms with Gasteiger partial charge in [0.15, 0.2) is 0 Å². The van der Waals surface area contributed by atoms with Gasteiger partial charge in [-0.25, -0.2) is 0 Å². The zero-order valence-corrected chi connectivity index (χ0v) is 34.1. The van der Waals surface area contributed by atoms with Crippen LogP contribution in [0.3, 0.4) is 0 Å². The van der Waals surface area contributed by atoms with Gasteiger partial charge in [0.2, 0.25) is 0 Å². The second kappa shape index (κ2) is 12.1. The van der Waals surface area contributed by atoms with Crippen LogP contribution in [0.5, 0.6) is 0 Å². The molecule has 0 aliphatic carbocycles. The fraction of sp³-hybridized carbons (Fsp3) is 0.148. The third-order valence-corrected chi connectivity index (χ3v) is 13.4. The van der Waals surface area contributed by atoms with Crippen LogP contribution in [0.4, 0.5) is 0 Å². The van der Waals surface area contributed by atoms with E-state index in [4.69, 9.17) is 0 Å². The molecule has 0 amide bonds. The number of nitrogens with zero attached hydrogens (tertiary/aromatic N) is 2. The number of para-hydroxylation sites is 2. The van der Waals surface area contributed by atoms with Crippen molar-refractivity contribution < 1.29 is 0 Å². The molecule has 0 bridgehead atoms. The monoisotopic (exact) mass is 732 g/mol. The first-order chi connectivity index (χ1) is 27.7. The number of fused-ring (bicyclic) bond motifs is 5. The highest BCUT2D eigenvalue weighted by Gasteiger charge is 2.44. The smallest absolute Gasteiger partial charge is 0.333 e. The first-order valence-corrected chi connectivity index (χ1v) is 20.4. The van der Waals surface area contributed by atoms with Gasteiger partial charge in [-0.15, -0.1) is 0 Å². The first-order valence-electron chi connectivity index (χ1n) is 20.4. The van der Waals surface area contributed by atoms with E-state index >= 15 is 0 Å². The number of hydrogen-bond donors (Lipinski definition) is 0. The predicted molar refractivity (Wildman–Crippen MR) is 244 cm³/mol. The number of benzene rings is 7. The van der Waals surface area contributed by atoms with Gasteiger partial charge in [0.25, 0.3) is 0 Å². The van der Waals surface area contributed by atoms with Crippen LogP contribution >= 0.6 is 0 Å². The van der Waals surface area contributed by atoms with E-state index < -0.39 is 0 Å². The van der Waals surface area contributed by atoms with Crippen LogP contribution in [0.2, 0.25) is 0 Å². The van der Waals surface area contributed by atoms with E-state index in [1.54, 1.807) is 0 Å². The first kappa shape index (κ1) is 34.0. The van der Waals surface area contributed by atoms with E-state index in [0.29, 0.717) is 0 Å². The molecule has 0 spiro atoms. The summed E-state index contributed by atoms with van der Waals surface area (Å²) in [6.07, 6.45) is 0. The Morgan fingerprint density at radius 1 is 0.351 bits per heavy atom. The molecule has 4 heterocycles. The molecule has 11 rings (SSSR count). The molecule has 2 aromatic heterocycles. The summed E-state index contributed by atoms with van der Waals surface area (Å²) in [5, 5.41) is 2.63. The SMILES string of the molecule is Cc1cccc(C)c1-c1c(-c2c(C)cccc2C)n2c3c(cccc13)-c1ccc3c(-c4c(C)cccc4C)c(-c4c(C)cccc4C)n4c3c1B2c1ccccc1-4. The van der Waals surface area contributed by atoms with E-state index in [2.05, 4.69) is 192 Å². The molecular formula is C54H45BN2. The normalized spacial score (nSPS) is 12.5. The predicted octanol–water partition coefficient (Wildman–Crippen LogP) is 12.7. The van der Waals surface area contributed by atoms with E-state index in [0.717, 1.165) is 0 Å². The van der Waals surface area contributed by atoms with Crippen molar-refractivity contribution in [2.45, 2.75) is 55.4 Å². The van der Waals surface area contributed by atoms with E-state index in [1.807, 2.05) is 0 Å². The fourth-order valence-electron chi connectivity index (χ4n) is 11.1. The van der Waals surface area contributed by atoms with Crippen LogP contribution in [0.25, 0.3) is 83.4 Å². The lowest BCUT2D eigenvalue weighted by atomic mass is 9.45. The summed E-state index contributed by atoms with van der Waals surface area (Å²) in [5.74, 6) is 0. The summed E-state index contributed by atoms with van der Waals surface area (Å²) < 4.78 is 5.44. The molecule has 0 saturated heterocycles. The average Bonchev–Trinajstić information content (AvgIpc) is 3.69. The Kier molecular flexibility index (Phi) is 7.21. The molecule has 274 valence electrons. The van der Waals surface area contributed by atoms with Gasteiger partial charge in [-0.1, -0.05) is 121 Å². The second-order valence-electron chi connectivity index (χ2n) is 16.8. The standard InChI is InChI=1S/C54H45BN2/c1-30-16-11-17-31(2)44(30)48-41-29-28-38-39-24-15-25-40-49(45-32(3)18-12-19-33(45)4)54(47-36(7)22-14-23-37(47)8)57(51(39)40)55-42-26-9-10-27-43(42)56(52(41)50(38)55)53(48)46-34(5)20-13-21-35(46)6/h9-29H,1-8H3. The lowest BCUT2D eigenvalue weighted by molar-refractivity contribution is 1.12. The van der Waals surface area contributed by atoms with Crippen molar-refractivity contribution in [1.82, 2.24) is 9.05 Å². The van der Waals surface area contributed by atoms with Gasteiger partial charge in [0, 0.05) is 55.5 Å². The number of hydrogen-bond acceptors (Lipinski definition) is 0. The molecule has 3 heteroatoms. The zero-order valence-electron chi connectivity index (χ0n) is 34.1. The summed E-state index contributed by atoms with van der Waals surface area (Å²) >= 11 is 0. The highest BCUT2D eigenvalue weighted by Crippen LogP contribution is 2.52. The maximum absolute atomic E-state index is 2.77. The molecule has 2 nitrogen and oxygen atoms in total. The Labute approximate surface area is 336 Å². The Bertz CT molecular complexity index is 3140. The van der Waals surface area contributed by atoms with Gasteiger partial charge in [-0.3, -0.25) is 0 Å². The van der Waals surface area contributed by atoms with Gasteiger partial charge < -0.3 is 9.05 Å². The van der Waals surface area contributed by atoms with Crippen LogP contribution in [0.1, 0.15) is 44.5 Å². The topological polar surface area (TPSA) is 9.86 Å². The van der Waals surface area contributed by atoms with E-state index in [1.165, 1.54) is 139 Å². The summed E-state index contributed by atoms with van der Waals surface area (Å²) in [5.41, 5.74) is 30.3. The third-order valence-electron chi connectivity index (χ3n) is 13.4. The summed E-state index contributed by atoms with van der Waals surface area (Å²) in [4.78, 5) is 0. The van der Waals surface area contributed by atoms with Crippen molar-refractivity contribution in [3.8, 4) is 61.6 Å². The van der Waals surface area contributed by atoms with Gasteiger partial charge in [-0.2, -0.15) is 0 Å². The van der Waals surface area contributed by atoms with E-state index in [9.17, 15) is 0 Å². The molecule has 0 radical (unpaired) electrons. The average molecular weight is 733 g/mol. The van der Waals surface area contributed by atoms with Crippen LogP contribution in [-0.2, 0) is 0 Å². The maximum atomic E-state index is 2.77. The number of aromatic nitrogens is 2. The van der Waals surface area contributed by atoms with Crippen molar-refractivity contribution >= 4 is 39.6 Å². The minimum atomic E-state index is -0.0385. The van der Waals surface area contributed by atoms with Crippen molar-refractivity contribution in [2.75, 3.05) is 0 Å². The van der Waals surface area contributed by atoms with E-state index in [-0.39, 0.29) is 6.85 Å². The van der Waals surface area contributed by atoms with Crippen LogP contribution in [0, 0.1) is 55.4 Å². The summed E-state index contributed by atoms with van der Waals surface area (Å²) in [6.45, 7) is 18.3. The van der Waals surface area contributed by atoms with Crippen LogP contribution in [0.15, 0.2) is 127 Å². The van der Waals surface area contributed by atoms with Crippen LogP contribution in [-0.4, -0.2) is 15.9 Å². The van der Waals surface area contributed by atoms with Crippen molar-refractivity contribution in [1.29, 1.82) is 0 Å². The molecule has 0 saturated carbocycles. The third kappa shape index (κ3) is 4.43. The minimum Gasteiger partial charge on any atom is -0.375 e.